The number of nitrogen functional groups attached to an aromatic ring is 1. The Morgan fingerprint density at radius 1 is 1.12 bits per heavy atom. The lowest BCUT2D eigenvalue weighted by atomic mass is 9.94. The van der Waals surface area contributed by atoms with Crippen molar-refractivity contribution in [1.29, 1.82) is 0 Å². The second-order valence-electron chi connectivity index (χ2n) is 8.99. The maximum absolute atomic E-state index is 13.1. The van der Waals surface area contributed by atoms with E-state index in [0.29, 0.717) is 37.0 Å². The molecule has 3 heterocycles. The van der Waals surface area contributed by atoms with Crippen molar-refractivity contribution in [3.05, 3.63) is 54.6 Å². The molecule has 1 aliphatic carbocycles. The summed E-state index contributed by atoms with van der Waals surface area (Å²) in [6.07, 6.45) is 9.39. The van der Waals surface area contributed by atoms with Crippen LogP contribution in [0.25, 0.3) is 28.0 Å². The number of pyridine rings is 1. The zero-order chi connectivity index (χ0) is 24.0. The number of anilines is 1. The van der Waals surface area contributed by atoms with E-state index in [2.05, 4.69) is 14.8 Å². The van der Waals surface area contributed by atoms with Crippen LogP contribution in [-0.2, 0) is 17.1 Å². The van der Waals surface area contributed by atoms with E-state index in [1.807, 2.05) is 36.8 Å². The molecule has 9 nitrogen and oxygen atoms in total. The first kappa shape index (κ1) is 22.6. The lowest BCUT2D eigenvalue weighted by Crippen LogP contribution is -2.38. The van der Waals surface area contributed by atoms with E-state index in [-0.39, 0.29) is 17.0 Å². The van der Waals surface area contributed by atoms with Crippen molar-refractivity contribution < 1.29 is 13.5 Å². The van der Waals surface area contributed by atoms with Crippen molar-refractivity contribution in [3.63, 3.8) is 0 Å². The number of fused-ring (bicyclic) bond motifs is 1. The maximum atomic E-state index is 13.1. The number of aromatic nitrogens is 4. The van der Waals surface area contributed by atoms with E-state index in [1.165, 1.54) is 0 Å². The number of aliphatic hydroxyl groups excluding tert-OH is 1. The van der Waals surface area contributed by atoms with E-state index >= 15 is 0 Å². The molecule has 1 aliphatic rings. The van der Waals surface area contributed by atoms with E-state index in [1.54, 1.807) is 35.3 Å². The Kier molecular flexibility index (Phi) is 5.67. The van der Waals surface area contributed by atoms with E-state index in [4.69, 9.17) is 5.73 Å². The van der Waals surface area contributed by atoms with Crippen LogP contribution < -0.4 is 10.5 Å². The minimum Gasteiger partial charge on any atom is -0.395 e. The lowest BCUT2D eigenvalue weighted by Gasteiger charge is -2.26. The molecule has 1 saturated carbocycles. The van der Waals surface area contributed by atoms with Gasteiger partial charge in [-0.25, -0.2) is 18.1 Å². The van der Waals surface area contributed by atoms with Crippen LogP contribution >= 0.6 is 0 Å². The van der Waals surface area contributed by atoms with Gasteiger partial charge in [0.2, 0.25) is 10.0 Å². The summed E-state index contributed by atoms with van der Waals surface area (Å²) < 4.78 is 32.6. The van der Waals surface area contributed by atoms with Crippen LogP contribution in [0.4, 0.5) is 5.69 Å². The molecule has 0 radical (unpaired) electrons. The van der Waals surface area contributed by atoms with Crippen LogP contribution in [0.2, 0.25) is 0 Å². The number of aliphatic hydroxyl groups is 1. The minimum absolute atomic E-state index is 0.167. The van der Waals surface area contributed by atoms with Gasteiger partial charge in [-0.3, -0.25) is 9.08 Å². The molecule has 0 spiro atoms. The van der Waals surface area contributed by atoms with Gasteiger partial charge in [0, 0.05) is 42.2 Å². The number of nitrogens with one attached hydrogen (secondary N) is 1. The summed E-state index contributed by atoms with van der Waals surface area (Å²) in [4.78, 5) is 4.75. The number of hydrogen-bond donors (Lipinski definition) is 3. The molecule has 0 amide bonds. The topological polar surface area (TPSA) is 128 Å². The van der Waals surface area contributed by atoms with E-state index in [9.17, 15) is 13.5 Å². The fourth-order valence-corrected chi connectivity index (χ4v) is 5.94. The Labute approximate surface area is 198 Å². The number of imidazole rings is 1. The molecular weight excluding hydrogens is 452 g/mol. The maximum Gasteiger partial charge on any atom is 0.240 e. The van der Waals surface area contributed by atoms with Gasteiger partial charge in [0.25, 0.3) is 0 Å². The van der Waals surface area contributed by atoms with Crippen molar-refractivity contribution in [2.24, 2.45) is 7.05 Å². The van der Waals surface area contributed by atoms with Crippen molar-refractivity contribution >= 4 is 21.4 Å². The zero-order valence-electron chi connectivity index (χ0n) is 19.1. The van der Waals surface area contributed by atoms with Crippen LogP contribution in [0.3, 0.4) is 0 Å². The average Bonchev–Trinajstić information content (AvgIpc) is 3.42. The minimum atomic E-state index is -3.70. The molecule has 0 aliphatic heterocycles. The largest absolute Gasteiger partial charge is 0.395 e. The SMILES string of the molecule is Cc1ccc(S(=O)(=O)N[C@H]2CC[C@H](O)CC2)cc1-c1cnc2c(N)c(-c3cnn(C)c3)ccn12. The lowest BCUT2D eigenvalue weighted by molar-refractivity contribution is 0.120. The molecule has 10 heteroatoms. The fourth-order valence-electron chi connectivity index (χ4n) is 4.61. The highest BCUT2D eigenvalue weighted by Gasteiger charge is 2.25. The number of hydrogen-bond acceptors (Lipinski definition) is 6. The summed E-state index contributed by atoms with van der Waals surface area (Å²) in [5, 5.41) is 13.9. The number of benzene rings is 1. The van der Waals surface area contributed by atoms with Crippen LogP contribution in [0, 0.1) is 6.92 Å². The first-order valence-corrected chi connectivity index (χ1v) is 12.8. The smallest absolute Gasteiger partial charge is 0.240 e. The molecule has 178 valence electrons. The highest BCUT2D eigenvalue weighted by molar-refractivity contribution is 7.89. The number of nitrogens with two attached hydrogens (primary N) is 1. The van der Waals surface area contributed by atoms with Crippen molar-refractivity contribution in [2.75, 3.05) is 5.73 Å². The summed E-state index contributed by atoms with van der Waals surface area (Å²) >= 11 is 0. The van der Waals surface area contributed by atoms with Crippen LogP contribution in [0.15, 0.2) is 53.9 Å². The fraction of sp³-hybridized carbons (Fsp3) is 0.333. The Hall–Kier alpha value is -3.21. The highest BCUT2D eigenvalue weighted by atomic mass is 32.2. The number of rotatable bonds is 5. The molecule has 1 aromatic carbocycles. The Morgan fingerprint density at radius 2 is 1.88 bits per heavy atom. The van der Waals surface area contributed by atoms with Gasteiger partial charge in [0.1, 0.15) is 0 Å². The second kappa shape index (κ2) is 8.53. The summed E-state index contributed by atoms with van der Waals surface area (Å²) in [7, 11) is -1.86. The third-order valence-electron chi connectivity index (χ3n) is 6.55. The van der Waals surface area contributed by atoms with Gasteiger partial charge in [-0.15, -0.1) is 0 Å². The van der Waals surface area contributed by atoms with Gasteiger partial charge in [-0.2, -0.15) is 5.10 Å². The van der Waals surface area contributed by atoms with Gasteiger partial charge in [0.05, 0.1) is 34.8 Å². The Morgan fingerprint density at radius 3 is 2.59 bits per heavy atom. The van der Waals surface area contributed by atoms with Crippen LogP contribution in [0.1, 0.15) is 31.2 Å². The molecule has 4 aromatic rings. The molecule has 0 saturated heterocycles. The van der Waals surface area contributed by atoms with Gasteiger partial charge < -0.3 is 10.8 Å². The number of sulfonamides is 1. The molecule has 34 heavy (non-hydrogen) atoms. The van der Waals surface area contributed by atoms with Gasteiger partial charge in [-0.1, -0.05) is 6.07 Å². The standard InChI is InChI=1S/C24H28N6O3S/c1-15-3-8-19(34(32,33)28-17-4-6-18(31)7-5-17)11-21(15)22-13-26-24-23(25)20(9-10-30(22)24)16-12-27-29(2)14-16/h3,8-14,17-18,28,31H,4-7,25H2,1-2H3/t17-,18-. The third-order valence-corrected chi connectivity index (χ3v) is 8.07. The van der Waals surface area contributed by atoms with E-state index < -0.39 is 10.0 Å². The van der Waals surface area contributed by atoms with Gasteiger partial charge >= 0.3 is 0 Å². The third kappa shape index (κ3) is 4.08. The molecule has 4 N–H and O–H groups in total. The van der Waals surface area contributed by atoms with Crippen molar-refractivity contribution in [3.8, 4) is 22.4 Å². The summed E-state index contributed by atoms with van der Waals surface area (Å²) in [6, 6.07) is 6.86. The Balaban J connectivity index is 1.51. The van der Waals surface area contributed by atoms with Gasteiger partial charge in [-0.05, 0) is 56.4 Å². The predicted molar refractivity (Wildman–Crippen MR) is 131 cm³/mol. The summed E-state index contributed by atoms with van der Waals surface area (Å²) in [6.45, 7) is 1.94. The molecule has 0 bridgehead atoms. The monoisotopic (exact) mass is 480 g/mol. The van der Waals surface area contributed by atoms with Crippen molar-refractivity contribution in [2.45, 2.75) is 49.6 Å². The normalized spacial score (nSPS) is 19.0. The quantitative estimate of drug-likeness (QED) is 0.403. The first-order chi connectivity index (χ1) is 16.2. The number of aryl methyl sites for hydroxylation is 2. The van der Waals surface area contributed by atoms with Gasteiger partial charge in [0.15, 0.2) is 5.65 Å². The highest BCUT2D eigenvalue weighted by Crippen LogP contribution is 2.33. The van der Waals surface area contributed by atoms with Crippen molar-refractivity contribution in [1.82, 2.24) is 23.9 Å². The molecule has 1 fully saturated rings. The molecule has 0 atom stereocenters. The van der Waals surface area contributed by atoms with Crippen LogP contribution in [0.5, 0.6) is 0 Å². The van der Waals surface area contributed by atoms with Crippen LogP contribution in [-0.4, -0.2) is 44.8 Å². The first-order valence-electron chi connectivity index (χ1n) is 11.3. The molecule has 5 rings (SSSR count). The second-order valence-corrected chi connectivity index (χ2v) is 10.7. The Bertz CT molecular complexity index is 1470. The zero-order valence-corrected chi connectivity index (χ0v) is 20.0. The molecular formula is C24H28N6O3S. The molecule has 3 aromatic heterocycles. The molecule has 0 unspecified atom stereocenters. The summed E-state index contributed by atoms with van der Waals surface area (Å²) in [5.74, 6) is 0. The number of nitrogens with zero attached hydrogens (tertiary/aromatic N) is 4. The summed E-state index contributed by atoms with van der Waals surface area (Å²) in [5.41, 5.74) is 11.8. The predicted octanol–water partition coefficient (Wildman–Crippen LogP) is 2.87. The average molecular weight is 481 g/mol. The van der Waals surface area contributed by atoms with E-state index in [0.717, 1.165) is 27.9 Å².